The van der Waals surface area contributed by atoms with Crippen LogP contribution < -0.4 is 5.32 Å². The maximum absolute atomic E-state index is 11.9. The lowest BCUT2D eigenvalue weighted by Crippen LogP contribution is -2.32. The minimum atomic E-state index is -0.461. The number of nitrogens with one attached hydrogen (secondary N) is 1. The molecule has 0 aliphatic heterocycles. The molecule has 1 aromatic heterocycles. The number of aliphatic hydroxyl groups excluding tert-OH is 1. The maximum Gasteiger partial charge on any atom is 0.262 e. The number of thioether (sulfide) groups is 1. The van der Waals surface area contributed by atoms with Crippen LogP contribution in [0, 0.1) is 5.92 Å². The zero-order valence-electron chi connectivity index (χ0n) is 10.4. The van der Waals surface area contributed by atoms with Crippen molar-refractivity contribution in [1.82, 2.24) is 5.32 Å². The monoisotopic (exact) mass is 273 g/mol. The summed E-state index contributed by atoms with van der Waals surface area (Å²) in [5.74, 6) is 0.345. The third-order valence-corrected chi connectivity index (χ3v) is 4.12. The van der Waals surface area contributed by atoms with Gasteiger partial charge in [0, 0.05) is 11.4 Å². The van der Waals surface area contributed by atoms with Gasteiger partial charge in [-0.15, -0.1) is 23.1 Å². The van der Waals surface area contributed by atoms with Crippen LogP contribution in [0.5, 0.6) is 0 Å². The molecule has 96 valence electrons. The second-order valence-corrected chi connectivity index (χ2v) is 6.08. The molecule has 1 heterocycles. The normalized spacial score (nSPS) is 12.8. The summed E-state index contributed by atoms with van der Waals surface area (Å²) in [6.45, 7) is 4.43. The van der Waals surface area contributed by atoms with E-state index in [4.69, 9.17) is 0 Å². The molecule has 0 fully saturated rings. The van der Waals surface area contributed by atoms with Crippen LogP contribution in [0.25, 0.3) is 0 Å². The van der Waals surface area contributed by atoms with E-state index in [9.17, 15) is 9.90 Å². The van der Waals surface area contributed by atoms with Gasteiger partial charge < -0.3 is 10.4 Å². The molecule has 1 amide bonds. The van der Waals surface area contributed by atoms with Gasteiger partial charge in [0.1, 0.15) is 4.88 Å². The SMILES string of the molecule is CSc1ccsc1C(=O)NCC(O)CC(C)C. The highest BCUT2D eigenvalue weighted by atomic mass is 32.2. The average Bonchev–Trinajstić information content (AvgIpc) is 2.72. The van der Waals surface area contributed by atoms with Crippen LogP contribution >= 0.6 is 23.1 Å². The second kappa shape index (κ2) is 7.03. The number of carbonyl (C=O) groups is 1. The molecule has 0 spiro atoms. The van der Waals surface area contributed by atoms with Crippen molar-refractivity contribution in [1.29, 1.82) is 0 Å². The molecular formula is C12H19NO2S2. The van der Waals surface area contributed by atoms with Gasteiger partial charge in [0.2, 0.25) is 0 Å². The number of thiophene rings is 1. The van der Waals surface area contributed by atoms with Gasteiger partial charge in [-0.1, -0.05) is 13.8 Å². The minimum Gasteiger partial charge on any atom is -0.391 e. The Kier molecular flexibility index (Phi) is 6.02. The molecule has 1 atom stereocenters. The van der Waals surface area contributed by atoms with Gasteiger partial charge >= 0.3 is 0 Å². The van der Waals surface area contributed by atoms with Gasteiger partial charge in [-0.25, -0.2) is 0 Å². The van der Waals surface area contributed by atoms with Crippen molar-refractivity contribution in [3.63, 3.8) is 0 Å². The number of rotatable bonds is 6. The Bertz CT molecular complexity index is 363. The smallest absolute Gasteiger partial charge is 0.262 e. The van der Waals surface area contributed by atoms with E-state index in [0.29, 0.717) is 18.9 Å². The molecule has 0 aliphatic carbocycles. The van der Waals surface area contributed by atoms with Crippen molar-refractivity contribution in [3.05, 3.63) is 16.3 Å². The van der Waals surface area contributed by atoms with Gasteiger partial charge in [0.25, 0.3) is 5.91 Å². The van der Waals surface area contributed by atoms with E-state index >= 15 is 0 Å². The lowest BCUT2D eigenvalue weighted by atomic mass is 10.1. The molecule has 0 bridgehead atoms. The molecular weight excluding hydrogens is 254 g/mol. The lowest BCUT2D eigenvalue weighted by Gasteiger charge is -2.13. The maximum atomic E-state index is 11.9. The first-order valence-corrected chi connectivity index (χ1v) is 7.72. The fourth-order valence-corrected chi connectivity index (χ4v) is 3.21. The standard InChI is InChI=1S/C12H19NO2S2/c1-8(2)6-9(14)7-13-12(15)11-10(16-3)4-5-17-11/h4-5,8-9,14H,6-7H2,1-3H3,(H,13,15). The first kappa shape index (κ1) is 14.5. The number of amides is 1. The molecule has 1 unspecified atom stereocenters. The van der Waals surface area contributed by atoms with E-state index in [0.717, 1.165) is 9.77 Å². The van der Waals surface area contributed by atoms with Crippen LogP contribution in [0.2, 0.25) is 0 Å². The first-order valence-electron chi connectivity index (χ1n) is 5.62. The fourth-order valence-electron chi connectivity index (χ4n) is 1.54. The van der Waals surface area contributed by atoms with E-state index in [1.165, 1.54) is 11.3 Å². The Hall–Kier alpha value is -0.520. The van der Waals surface area contributed by atoms with Gasteiger partial charge in [0.05, 0.1) is 6.10 Å². The Balaban J connectivity index is 2.45. The zero-order valence-corrected chi connectivity index (χ0v) is 12.0. The minimum absolute atomic E-state index is 0.0906. The van der Waals surface area contributed by atoms with E-state index < -0.39 is 6.10 Å². The molecule has 0 saturated carbocycles. The molecule has 0 radical (unpaired) electrons. The lowest BCUT2D eigenvalue weighted by molar-refractivity contribution is 0.0901. The summed E-state index contributed by atoms with van der Waals surface area (Å²) >= 11 is 3.00. The predicted molar refractivity (Wildman–Crippen MR) is 73.9 cm³/mol. The molecule has 17 heavy (non-hydrogen) atoms. The van der Waals surface area contributed by atoms with Crippen LogP contribution in [-0.2, 0) is 0 Å². The summed E-state index contributed by atoms with van der Waals surface area (Å²) in [6, 6.07) is 1.94. The molecule has 0 aliphatic rings. The Morgan fingerprint density at radius 1 is 1.59 bits per heavy atom. The van der Waals surface area contributed by atoms with E-state index in [1.807, 2.05) is 17.7 Å². The van der Waals surface area contributed by atoms with Crippen LogP contribution in [0.3, 0.4) is 0 Å². The topological polar surface area (TPSA) is 49.3 Å². The number of carbonyl (C=O) groups excluding carboxylic acids is 1. The van der Waals surface area contributed by atoms with Crippen LogP contribution in [-0.4, -0.2) is 29.9 Å². The highest BCUT2D eigenvalue weighted by molar-refractivity contribution is 7.98. The molecule has 3 nitrogen and oxygen atoms in total. The van der Waals surface area contributed by atoms with Crippen molar-refractivity contribution in [3.8, 4) is 0 Å². The van der Waals surface area contributed by atoms with E-state index in [1.54, 1.807) is 11.8 Å². The molecule has 0 aromatic carbocycles. The average molecular weight is 273 g/mol. The van der Waals surface area contributed by atoms with E-state index in [-0.39, 0.29) is 5.91 Å². The fraction of sp³-hybridized carbons (Fsp3) is 0.583. The quantitative estimate of drug-likeness (QED) is 0.783. The Morgan fingerprint density at radius 2 is 2.29 bits per heavy atom. The van der Waals surface area contributed by atoms with Crippen LogP contribution in [0.4, 0.5) is 0 Å². The molecule has 5 heteroatoms. The largest absolute Gasteiger partial charge is 0.391 e. The van der Waals surface area contributed by atoms with Gasteiger partial charge in [0.15, 0.2) is 0 Å². The molecule has 1 rings (SSSR count). The second-order valence-electron chi connectivity index (χ2n) is 4.31. The van der Waals surface area contributed by atoms with Crippen molar-refractivity contribution >= 4 is 29.0 Å². The zero-order chi connectivity index (χ0) is 12.8. The summed E-state index contributed by atoms with van der Waals surface area (Å²) in [6.07, 6.45) is 2.20. The highest BCUT2D eigenvalue weighted by Crippen LogP contribution is 2.25. The summed E-state index contributed by atoms with van der Waals surface area (Å²) in [5, 5.41) is 14.4. The summed E-state index contributed by atoms with van der Waals surface area (Å²) in [7, 11) is 0. The predicted octanol–water partition coefficient (Wildman–Crippen LogP) is 2.61. The van der Waals surface area contributed by atoms with Gasteiger partial charge in [-0.05, 0) is 30.0 Å². The Labute approximate surface area is 111 Å². The van der Waals surface area contributed by atoms with Crippen LogP contribution in [0.15, 0.2) is 16.3 Å². The molecule has 2 N–H and O–H groups in total. The third-order valence-electron chi connectivity index (χ3n) is 2.30. The van der Waals surface area contributed by atoms with Gasteiger partial charge in [-0.2, -0.15) is 0 Å². The van der Waals surface area contributed by atoms with Crippen molar-refractivity contribution in [2.45, 2.75) is 31.3 Å². The summed E-state index contributed by atoms with van der Waals surface area (Å²) < 4.78 is 0. The van der Waals surface area contributed by atoms with Gasteiger partial charge in [-0.3, -0.25) is 4.79 Å². The number of aliphatic hydroxyl groups is 1. The van der Waals surface area contributed by atoms with Crippen molar-refractivity contribution in [2.24, 2.45) is 5.92 Å². The Morgan fingerprint density at radius 3 is 2.88 bits per heavy atom. The molecule has 1 aromatic rings. The summed E-state index contributed by atoms with van der Waals surface area (Å²) in [5.41, 5.74) is 0. The number of hydrogen-bond donors (Lipinski definition) is 2. The summed E-state index contributed by atoms with van der Waals surface area (Å²) in [4.78, 5) is 13.6. The first-order chi connectivity index (χ1) is 8.04. The van der Waals surface area contributed by atoms with Crippen molar-refractivity contribution < 1.29 is 9.90 Å². The molecule has 0 saturated heterocycles. The third kappa shape index (κ3) is 4.69. The van der Waals surface area contributed by atoms with E-state index in [2.05, 4.69) is 19.2 Å². The van der Waals surface area contributed by atoms with Crippen LogP contribution in [0.1, 0.15) is 29.9 Å². The van der Waals surface area contributed by atoms with Crippen molar-refractivity contribution in [2.75, 3.05) is 12.8 Å². The highest BCUT2D eigenvalue weighted by Gasteiger charge is 2.14. The number of hydrogen-bond acceptors (Lipinski definition) is 4.